The molecule has 0 atom stereocenters. The van der Waals surface area contributed by atoms with Crippen LogP contribution in [0, 0.1) is 6.92 Å². The summed E-state index contributed by atoms with van der Waals surface area (Å²) < 4.78 is 2.26. The van der Waals surface area contributed by atoms with Crippen molar-refractivity contribution >= 4 is 10.9 Å². The summed E-state index contributed by atoms with van der Waals surface area (Å²) in [5.41, 5.74) is 8.08. The molecule has 2 aromatic rings. The Morgan fingerprint density at radius 1 is 1.29 bits per heavy atom. The molecule has 0 saturated heterocycles. The Bertz CT molecular complexity index is 455. The van der Waals surface area contributed by atoms with Crippen molar-refractivity contribution in [2.45, 2.75) is 13.3 Å². The number of fused-ring (bicyclic) bond motifs is 1. The second-order valence-electron chi connectivity index (χ2n) is 3.74. The number of rotatable bonds is 2. The van der Waals surface area contributed by atoms with E-state index < -0.39 is 0 Å². The largest absolute Gasteiger partial charge is 0.357 e. The van der Waals surface area contributed by atoms with Crippen molar-refractivity contribution in [1.29, 1.82) is 0 Å². The van der Waals surface area contributed by atoms with E-state index in [1.54, 1.807) is 0 Å². The average Bonchev–Trinajstić information content (AvgIpc) is 2.45. The highest BCUT2D eigenvalue weighted by atomic mass is 14.9. The predicted octanol–water partition coefficient (Wildman–Crippen LogP) is 1.27. The molecule has 2 nitrogen and oxygen atoms in total. The fourth-order valence-corrected chi connectivity index (χ4v) is 2.09. The molecule has 0 unspecified atom stereocenters. The van der Waals surface area contributed by atoms with Crippen molar-refractivity contribution in [1.82, 2.24) is 4.57 Å². The highest BCUT2D eigenvalue weighted by Gasteiger charge is 2.10. The van der Waals surface area contributed by atoms with Crippen molar-refractivity contribution < 1.29 is 5.73 Å². The summed E-state index contributed by atoms with van der Waals surface area (Å²) in [7, 11) is 2.13. The summed E-state index contributed by atoms with van der Waals surface area (Å²) >= 11 is 0. The molecule has 1 aromatic carbocycles. The minimum absolute atomic E-state index is 0.967. The van der Waals surface area contributed by atoms with Crippen LogP contribution < -0.4 is 5.73 Å². The van der Waals surface area contributed by atoms with E-state index in [9.17, 15) is 0 Å². The lowest BCUT2D eigenvalue weighted by Gasteiger charge is -1.98. The van der Waals surface area contributed by atoms with Crippen LogP contribution in [0.4, 0.5) is 0 Å². The predicted molar refractivity (Wildman–Crippen MR) is 59.1 cm³/mol. The van der Waals surface area contributed by atoms with Crippen LogP contribution in [0.15, 0.2) is 24.3 Å². The van der Waals surface area contributed by atoms with Crippen LogP contribution in [0.1, 0.15) is 11.3 Å². The lowest BCUT2D eigenvalue weighted by Crippen LogP contribution is -2.51. The van der Waals surface area contributed by atoms with Crippen molar-refractivity contribution in [3.63, 3.8) is 0 Å². The van der Waals surface area contributed by atoms with Crippen LogP contribution in [-0.2, 0) is 13.5 Å². The van der Waals surface area contributed by atoms with E-state index in [0.717, 1.165) is 13.0 Å². The molecular weight excluding hydrogens is 172 g/mol. The molecule has 0 saturated carbocycles. The third-order valence-corrected chi connectivity index (χ3v) is 2.96. The van der Waals surface area contributed by atoms with Gasteiger partial charge in [-0.15, -0.1) is 0 Å². The molecule has 0 radical (unpaired) electrons. The van der Waals surface area contributed by atoms with E-state index in [4.69, 9.17) is 0 Å². The highest BCUT2D eigenvalue weighted by Crippen LogP contribution is 2.24. The van der Waals surface area contributed by atoms with Crippen LogP contribution >= 0.6 is 0 Å². The summed E-state index contributed by atoms with van der Waals surface area (Å²) in [5, 5.41) is 1.39. The van der Waals surface area contributed by atoms with E-state index >= 15 is 0 Å². The number of hydrogen-bond donors (Lipinski definition) is 1. The third-order valence-electron chi connectivity index (χ3n) is 2.96. The van der Waals surface area contributed by atoms with E-state index in [0.29, 0.717) is 0 Å². The summed E-state index contributed by atoms with van der Waals surface area (Å²) in [6.07, 6.45) is 1.08. The lowest BCUT2D eigenvalue weighted by atomic mass is 10.1. The average molecular weight is 189 g/mol. The quantitative estimate of drug-likeness (QED) is 0.738. The number of aryl methyl sites for hydroxylation is 1. The van der Waals surface area contributed by atoms with Gasteiger partial charge in [-0.3, -0.25) is 0 Å². The van der Waals surface area contributed by atoms with Gasteiger partial charge in [0.25, 0.3) is 0 Å². The maximum atomic E-state index is 3.93. The number of para-hydroxylation sites is 1. The molecule has 2 heteroatoms. The zero-order chi connectivity index (χ0) is 10.1. The van der Waals surface area contributed by atoms with E-state index in [1.165, 1.54) is 22.2 Å². The fraction of sp³-hybridized carbons (Fsp3) is 0.333. The first-order valence-electron chi connectivity index (χ1n) is 5.08. The standard InChI is InChI=1S/C12H16N2/c1-9-10(7-8-13)11-5-3-4-6-12(11)14(9)2/h3-6H,7-8,13H2,1-2H3/p+1. The number of quaternary nitrogens is 1. The molecular formula is C12H17N2+. The number of aromatic nitrogens is 1. The molecule has 1 heterocycles. The number of hydrogen-bond acceptors (Lipinski definition) is 0. The van der Waals surface area contributed by atoms with Gasteiger partial charge >= 0.3 is 0 Å². The maximum absolute atomic E-state index is 3.93. The first-order valence-corrected chi connectivity index (χ1v) is 5.08. The summed E-state index contributed by atoms with van der Waals surface area (Å²) in [4.78, 5) is 0. The lowest BCUT2D eigenvalue weighted by molar-refractivity contribution is -0.366. The van der Waals surface area contributed by atoms with Crippen molar-refractivity contribution in [3.8, 4) is 0 Å². The van der Waals surface area contributed by atoms with Crippen LogP contribution in [0.5, 0.6) is 0 Å². The van der Waals surface area contributed by atoms with Gasteiger partial charge in [0.1, 0.15) is 0 Å². The molecule has 0 bridgehead atoms. The topological polar surface area (TPSA) is 32.6 Å². The van der Waals surface area contributed by atoms with Crippen LogP contribution in [0.2, 0.25) is 0 Å². The smallest absolute Gasteiger partial charge is 0.0781 e. The minimum atomic E-state index is 0.967. The number of nitrogens with zero attached hydrogens (tertiary/aromatic N) is 1. The Hall–Kier alpha value is -1.28. The second kappa shape index (κ2) is 3.46. The molecule has 0 amide bonds. The van der Waals surface area contributed by atoms with Gasteiger partial charge in [-0.25, -0.2) is 0 Å². The molecule has 0 fully saturated rings. The second-order valence-corrected chi connectivity index (χ2v) is 3.74. The van der Waals surface area contributed by atoms with Crippen molar-refractivity contribution in [2.24, 2.45) is 7.05 Å². The Labute approximate surface area is 84.3 Å². The van der Waals surface area contributed by atoms with Crippen LogP contribution in [-0.4, -0.2) is 11.1 Å². The molecule has 0 aliphatic carbocycles. The minimum Gasteiger partial charge on any atom is -0.357 e. The zero-order valence-electron chi connectivity index (χ0n) is 8.88. The van der Waals surface area contributed by atoms with E-state index in [2.05, 4.69) is 48.5 Å². The maximum Gasteiger partial charge on any atom is 0.0781 e. The van der Waals surface area contributed by atoms with Gasteiger partial charge in [-0.2, -0.15) is 0 Å². The van der Waals surface area contributed by atoms with Crippen LogP contribution in [0.25, 0.3) is 10.9 Å². The summed E-state index contributed by atoms with van der Waals surface area (Å²) in [5.74, 6) is 0. The van der Waals surface area contributed by atoms with Gasteiger partial charge in [0.2, 0.25) is 0 Å². The van der Waals surface area contributed by atoms with Gasteiger partial charge in [0, 0.05) is 30.1 Å². The van der Waals surface area contributed by atoms with Gasteiger partial charge in [0.15, 0.2) is 0 Å². The summed E-state index contributed by atoms with van der Waals surface area (Å²) in [6, 6.07) is 8.58. The fourth-order valence-electron chi connectivity index (χ4n) is 2.09. The van der Waals surface area contributed by atoms with E-state index in [-0.39, 0.29) is 0 Å². The molecule has 0 aliphatic rings. The van der Waals surface area contributed by atoms with E-state index in [1.807, 2.05) is 0 Å². The third kappa shape index (κ3) is 1.23. The Morgan fingerprint density at radius 2 is 2.00 bits per heavy atom. The Balaban J connectivity index is 2.74. The van der Waals surface area contributed by atoms with Gasteiger partial charge in [-0.05, 0) is 18.6 Å². The highest BCUT2D eigenvalue weighted by molar-refractivity contribution is 5.85. The molecule has 0 spiro atoms. The Morgan fingerprint density at radius 3 is 2.71 bits per heavy atom. The normalized spacial score (nSPS) is 11.1. The van der Waals surface area contributed by atoms with Crippen molar-refractivity contribution in [3.05, 3.63) is 35.5 Å². The molecule has 0 aliphatic heterocycles. The van der Waals surface area contributed by atoms with Gasteiger partial charge in [0.05, 0.1) is 6.54 Å². The first kappa shape index (κ1) is 9.28. The zero-order valence-corrected chi connectivity index (χ0v) is 8.88. The monoisotopic (exact) mass is 189 g/mol. The SMILES string of the molecule is Cc1c(CC[NH3+])c2ccccc2n1C. The van der Waals surface area contributed by atoms with Gasteiger partial charge in [-0.1, -0.05) is 18.2 Å². The van der Waals surface area contributed by atoms with Crippen molar-refractivity contribution in [2.75, 3.05) is 6.54 Å². The Kier molecular flexibility index (Phi) is 2.30. The molecule has 74 valence electrons. The molecule has 2 rings (SSSR count). The first-order chi connectivity index (χ1) is 6.75. The molecule has 1 aromatic heterocycles. The molecule has 14 heavy (non-hydrogen) atoms. The summed E-state index contributed by atoms with van der Waals surface area (Å²) in [6.45, 7) is 3.15. The van der Waals surface area contributed by atoms with Gasteiger partial charge < -0.3 is 10.3 Å². The van der Waals surface area contributed by atoms with Crippen LogP contribution in [0.3, 0.4) is 0 Å². The molecule has 3 N–H and O–H groups in total. The number of benzene rings is 1.